The molecule has 1 fully saturated rings. The van der Waals surface area contributed by atoms with Gasteiger partial charge in [0.05, 0.1) is 3.42 Å². The molecule has 1 saturated carbocycles. The van der Waals surface area contributed by atoms with Crippen LogP contribution in [0.3, 0.4) is 0 Å². The van der Waals surface area contributed by atoms with Gasteiger partial charge in [0.15, 0.2) is 27.0 Å². The number of carbonyl (C=O) groups excluding carboxylic acids is 1. The van der Waals surface area contributed by atoms with E-state index in [0.29, 0.717) is 27.8 Å². The number of aromatic hydroxyl groups is 7. The molecule has 51 heavy (non-hydrogen) atoms. The molecular formula is C41H33IO9. The van der Waals surface area contributed by atoms with E-state index >= 15 is 0 Å². The average molecular weight is 797 g/mol. The molecule has 8 rings (SSSR count). The highest BCUT2D eigenvalue weighted by Gasteiger charge is 2.68. The Morgan fingerprint density at radius 2 is 1.06 bits per heavy atom. The molecule has 0 amide bonds. The summed E-state index contributed by atoms with van der Waals surface area (Å²) in [6, 6.07) is 26.9. The molecule has 0 spiro atoms. The highest BCUT2D eigenvalue weighted by Crippen LogP contribution is 2.76. The Bertz CT molecular complexity index is 2210. The summed E-state index contributed by atoms with van der Waals surface area (Å²) < 4.78 is 13.5. The summed E-state index contributed by atoms with van der Waals surface area (Å²) in [5.41, 5.74) is 4.42. The molecule has 0 radical (unpaired) electrons. The minimum absolute atomic E-state index is 0.0160. The van der Waals surface area contributed by atoms with Crippen molar-refractivity contribution in [3.63, 3.8) is 0 Å². The first-order valence-corrected chi connectivity index (χ1v) is 18.4. The van der Waals surface area contributed by atoms with E-state index in [1.165, 1.54) is 36.4 Å². The number of halogens is 1. The minimum Gasteiger partial charge on any atom is -0.508 e. The number of allylic oxidation sites excluding steroid dienone is 2. The van der Waals surface area contributed by atoms with E-state index < -0.39 is 60.1 Å². The van der Waals surface area contributed by atoms with E-state index in [9.17, 15) is 43.6 Å². The van der Waals surface area contributed by atoms with Crippen molar-refractivity contribution >= 4 is 27.0 Å². The van der Waals surface area contributed by atoms with Gasteiger partial charge in [0, 0.05) is 53.7 Å². The van der Waals surface area contributed by atoms with Crippen molar-refractivity contribution < 1.29 is 43.6 Å². The Kier molecular flexibility index (Phi) is 7.82. The normalized spacial score (nSPS) is 26.5. The number of carbonyl (C=O) groups is 1. The lowest BCUT2D eigenvalue weighted by Gasteiger charge is -2.43. The maximum Gasteiger partial charge on any atom is 0.157 e. The van der Waals surface area contributed by atoms with Crippen LogP contribution in [0.4, 0.5) is 0 Å². The second-order valence-electron chi connectivity index (χ2n) is 13.7. The van der Waals surface area contributed by atoms with Crippen LogP contribution in [0.2, 0.25) is 0 Å². The molecule has 258 valence electrons. The van der Waals surface area contributed by atoms with Crippen molar-refractivity contribution in [2.75, 3.05) is 0 Å². The third-order valence-electron chi connectivity index (χ3n) is 11.0. The van der Waals surface area contributed by atoms with Gasteiger partial charge in [0.2, 0.25) is 0 Å². The van der Waals surface area contributed by atoms with Gasteiger partial charge in [-0.3, -0.25) is 7.86 Å². The molecule has 0 bridgehead atoms. The first-order chi connectivity index (χ1) is 24.5. The van der Waals surface area contributed by atoms with Crippen LogP contribution >= 0.6 is 21.2 Å². The summed E-state index contributed by atoms with van der Waals surface area (Å²) >= 11 is -2.11. The summed E-state index contributed by atoms with van der Waals surface area (Å²) in [7, 11) is 0. The fraction of sp³-hybridized carbons (Fsp3) is 0.195. The molecule has 10 heteroatoms. The van der Waals surface area contributed by atoms with Crippen LogP contribution in [-0.2, 0) is 7.86 Å². The number of benzene rings is 5. The van der Waals surface area contributed by atoms with Crippen molar-refractivity contribution in [2.45, 2.75) is 39.4 Å². The Labute approximate surface area is 303 Å². The van der Waals surface area contributed by atoms with E-state index in [4.69, 9.17) is 0 Å². The molecule has 0 saturated heterocycles. The lowest BCUT2D eigenvalue weighted by atomic mass is 9.66. The van der Waals surface area contributed by atoms with Crippen LogP contribution in [0.15, 0.2) is 115 Å². The van der Waals surface area contributed by atoms with Crippen LogP contribution in [-0.4, -0.2) is 45.0 Å². The predicted molar refractivity (Wildman–Crippen MR) is 195 cm³/mol. The monoisotopic (exact) mass is 796 g/mol. The highest BCUT2D eigenvalue weighted by atomic mass is 127. The maximum absolute atomic E-state index is 14.8. The summed E-state index contributed by atoms with van der Waals surface area (Å²) in [6.07, 6.45) is 1.55. The van der Waals surface area contributed by atoms with Gasteiger partial charge in [-0.25, -0.2) is 0 Å². The van der Waals surface area contributed by atoms with Crippen molar-refractivity contribution in [1.82, 2.24) is 0 Å². The number of phenols is 7. The van der Waals surface area contributed by atoms with Gasteiger partial charge in [-0.15, -0.1) is 0 Å². The number of hydrogen-bond donors (Lipinski definition) is 7. The third kappa shape index (κ3) is 5.14. The SMILES string of the molecule is O=IC12C(=CC(=O)C[C@H](c3cc(O)cc(O)c3)[C@H]1c1ccc(O)cc1)[C@H]1[C@H](c3ccc(O)cc3)c3c(O)cc(O)cc3[C@H]1[C@@H]2c1ccc(O)cc1. The number of phenolic OH excluding ortho intramolecular Hbond substituents is 7. The number of rotatable bonds is 5. The fourth-order valence-corrected chi connectivity index (χ4v) is 12.2. The van der Waals surface area contributed by atoms with Gasteiger partial charge in [-0.1, -0.05) is 36.4 Å². The van der Waals surface area contributed by atoms with E-state index in [0.717, 1.165) is 11.1 Å². The molecule has 3 aliphatic carbocycles. The van der Waals surface area contributed by atoms with Gasteiger partial charge in [0.1, 0.15) is 40.2 Å². The van der Waals surface area contributed by atoms with E-state index in [2.05, 4.69) is 0 Å². The van der Waals surface area contributed by atoms with Crippen molar-refractivity contribution in [2.24, 2.45) is 5.92 Å². The molecule has 9 nitrogen and oxygen atoms in total. The zero-order valence-corrected chi connectivity index (χ0v) is 29.0. The molecule has 0 aliphatic heterocycles. The Hall–Kier alpha value is -5.36. The quantitative estimate of drug-likeness (QED) is 0.0692. The molecule has 1 unspecified atom stereocenters. The number of alkyl halides is 1. The average Bonchev–Trinajstić information content (AvgIpc) is 3.51. The van der Waals surface area contributed by atoms with Crippen LogP contribution in [0, 0.1) is 5.92 Å². The van der Waals surface area contributed by atoms with E-state index in [1.54, 1.807) is 72.8 Å². The molecule has 0 heterocycles. The fourth-order valence-electron chi connectivity index (χ4n) is 9.36. The van der Waals surface area contributed by atoms with Gasteiger partial charge in [-0.2, -0.15) is 0 Å². The zero-order chi connectivity index (χ0) is 35.8. The third-order valence-corrected chi connectivity index (χ3v) is 13.7. The van der Waals surface area contributed by atoms with Gasteiger partial charge in [0.25, 0.3) is 0 Å². The first-order valence-electron chi connectivity index (χ1n) is 16.5. The Balaban J connectivity index is 1.50. The molecule has 7 N–H and O–H groups in total. The lowest BCUT2D eigenvalue weighted by molar-refractivity contribution is -0.115. The van der Waals surface area contributed by atoms with Gasteiger partial charge in [-0.05, 0) is 100.0 Å². The summed E-state index contributed by atoms with van der Waals surface area (Å²) in [6.45, 7) is 0. The largest absolute Gasteiger partial charge is 0.508 e. The molecular weight excluding hydrogens is 763 g/mol. The number of ketones is 1. The van der Waals surface area contributed by atoms with Crippen LogP contribution < -0.4 is 0 Å². The second kappa shape index (κ2) is 12.2. The second-order valence-corrected chi connectivity index (χ2v) is 16.0. The Morgan fingerprint density at radius 3 is 1.61 bits per heavy atom. The van der Waals surface area contributed by atoms with Crippen molar-refractivity contribution in [1.29, 1.82) is 0 Å². The smallest absolute Gasteiger partial charge is 0.157 e. The van der Waals surface area contributed by atoms with Crippen LogP contribution in [0.25, 0.3) is 0 Å². The minimum atomic E-state index is -2.11. The zero-order valence-electron chi connectivity index (χ0n) is 26.9. The standard InChI is InChI=1S/C41H33IO9/c43-24-7-1-20(2-8-24)35-36-32(17-30(49)19-34(36)50)37-38(35)33-18-29(48)16-31(23-13-27(46)15-28(47)14-23)39(21-3-9-25(44)10-4-21)41(33,42-51)40(37)22-5-11-26(45)12-6-22/h1-15,17-19,31,35,37-40,43-47,49-50H,16H2/t31-,35-,37-,38+,39-,40+,41?/m1/s1. The van der Waals surface area contributed by atoms with Crippen molar-refractivity contribution in [3.05, 3.63) is 148 Å². The molecule has 5 aromatic rings. The molecule has 0 aromatic heterocycles. The molecule has 5 aromatic carbocycles. The van der Waals surface area contributed by atoms with Crippen LogP contribution in [0.1, 0.15) is 69.4 Å². The summed E-state index contributed by atoms with van der Waals surface area (Å²) in [5.74, 6) is -4.57. The molecule has 7 atom stereocenters. The number of hydrogen-bond acceptors (Lipinski definition) is 9. The topological polar surface area (TPSA) is 176 Å². The van der Waals surface area contributed by atoms with Crippen molar-refractivity contribution in [3.8, 4) is 40.2 Å². The van der Waals surface area contributed by atoms with Gasteiger partial charge < -0.3 is 35.7 Å². The summed E-state index contributed by atoms with van der Waals surface area (Å²) in [4.78, 5) is 14.3. The first kappa shape index (κ1) is 32.8. The van der Waals surface area contributed by atoms with Crippen LogP contribution in [0.5, 0.6) is 40.2 Å². The maximum atomic E-state index is 14.8. The highest BCUT2D eigenvalue weighted by molar-refractivity contribution is 14.1. The van der Waals surface area contributed by atoms with Gasteiger partial charge >= 0.3 is 0 Å². The molecule has 3 aliphatic rings. The summed E-state index contributed by atoms with van der Waals surface area (Å²) in [5, 5.41) is 74.8. The number of fused-ring (bicyclic) bond motifs is 5. The lowest BCUT2D eigenvalue weighted by Crippen LogP contribution is -2.39. The Morgan fingerprint density at radius 1 is 0.549 bits per heavy atom. The van der Waals surface area contributed by atoms with E-state index in [-0.39, 0.29) is 52.5 Å². The predicted octanol–water partition coefficient (Wildman–Crippen LogP) is 7.79. The van der Waals surface area contributed by atoms with E-state index in [1.807, 2.05) is 0 Å².